The Morgan fingerprint density at radius 1 is 1.22 bits per heavy atom. The zero-order valence-corrected chi connectivity index (χ0v) is 9.77. The summed E-state index contributed by atoms with van der Waals surface area (Å²) in [6.07, 6.45) is 0.743. The van der Waals surface area contributed by atoms with Crippen molar-refractivity contribution in [2.75, 3.05) is 0 Å². The lowest BCUT2D eigenvalue weighted by molar-refractivity contribution is 0.112. The molecule has 0 aliphatic heterocycles. The Balaban J connectivity index is 2.65. The number of aryl methyl sites for hydroxylation is 1. The van der Waals surface area contributed by atoms with E-state index in [1.54, 1.807) is 24.3 Å². The van der Waals surface area contributed by atoms with E-state index in [2.05, 4.69) is 0 Å². The fraction of sp³-hybridized carbons (Fsp3) is 0.0667. The van der Waals surface area contributed by atoms with Crippen LogP contribution >= 0.6 is 0 Å². The lowest BCUT2D eigenvalue weighted by Gasteiger charge is -2.07. The molecule has 0 aliphatic carbocycles. The highest BCUT2D eigenvalue weighted by atomic mass is 19.1. The Morgan fingerprint density at radius 2 is 2.00 bits per heavy atom. The molecule has 2 rings (SSSR count). The Bertz CT molecular complexity index is 656. The second kappa shape index (κ2) is 4.80. The van der Waals surface area contributed by atoms with Crippen LogP contribution in [0.5, 0.6) is 0 Å². The van der Waals surface area contributed by atoms with Gasteiger partial charge in [-0.3, -0.25) is 4.79 Å². The molecule has 0 saturated carbocycles. The average Bonchev–Trinajstić information content (AvgIpc) is 2.38. The summed E-state index contributed by atoms with van der Waals surface area (Å²) in [5.41, 5.74) is 3.08. The third-order valence-electron chi connectivity index (χ3n) is 2.74. The van der Waals surface area contributed by atoms with E-state index in [1.807, 2.05) is 13.0 Å². The molecule has 0 aliphatic rings. The molecular weight excluding hydrogens is 229 g/mol. The van der Waals surface area contributed by atoms with Gasteiger partial charge in [0.25, 0.3) is 0 Å². The first-order valence-corrected chi connectivity index (χ1v) is 5.41. The lowest BCUT2D eigenvalue weighted by Crippen LogP contribution is -1.89. The number of halogens is 1. The molecule has 88 valence electrons. The van der Waals surface area contributed by atoms with Crippen LogP contribution < -0.4 is 0 Å². The monoisotopic (exact) mass is 239 g/mol. The molecule has 3 heteroatoms. The Labute approximate surface area is 104 Å². The Hall–Kier alpha value is -2.47. The minimum absolute atomic E-state index is 0.265. The summed E-state index contributed by atoms with van der Waals surface area (Å²) in [6, 6.07) is 11.3. The Morgan fingerprint density at radius 3 is 2.67 bits per heavy atom. The second-order valence-electron chi connectivity index (χ2n) is 4.03. The second-order valence-corrected chi connectivity index (χ2v) is 4.03. The van der Waals surface area contributed by atoms with Gasteiger partial charge in [0.05, 0.1) is 11.6 Å². The van der Waals surface area contributed by atoms with E-state index in [4.69, 9.17) is 5.26 Å². The van der Waals surface area contributed by atoms with Crippen molar-refractivity contribution in [3.05, 3.63) is 58.9 Å². The molecule has 0 radical (unpaired) electrons. The number of benzene rings is 2. The fourth-order valence-corrected chi connectivity index (χ4v) is 1.83. The maximum absolute atomic E-state index is 13.4. The van der Waals surface area contributed by atoms with Crippen molar-refractivity contribution in [3.63, 3.8) is 0 Å². The maximum atomic E-state index is 13.4. The van der Waals surface area contributed by atoms with Crippen LogP contribution in [0.2, 0.25) is 0 Å². The smallest absolute Gasteiger partial charge is 0.150 e. The van der Waals surface area contributed by atoms with Crippen molar-refractivity contribution in [1.82, 2.24) is 0 Å². The van der Waals surface area contributed by atoms with Gasteiger partial charge in [0.15, 0.2) is 0 Å². The van der Waals surface area contributed by atoms with Crippen molar-refractivity contribution in [3.8, 4) is 17.2 Å². The number of nitrogens with zero attached hydrogens (tertiary/aromatic N) is 1. The van der Waals surface area contributed by atoms with Gasteiger partial charge < -0.3 is 0 Å². The molecule has 0 amide bonds. The maximum Gasteiger partial charge on any atom is 0.150 e. The number of carbonyl (C=O) groups is 1. The minimum atomic E-state index is -0.458. The minimum Gasteiger partial charge on any atom is -0.298 e. The predicted octanol–water partition coefficient (Wildman–Crippen LogP) is 3.49. The first-order valence-electron chi connectivity index (χ1n) is 5.41. The van der Waals surface area contributed by atoms with Gasteiger partial charge in [0, 0.05) is 5.56 Å². The topological polar surface area (TPSA) is 40.9 Å². The van der Waals surface area contributed by atoms with Crippen LogP contribution in [0.1, 0.15) is 21.5 Å². The third kappa shape index (κ3) is 2.28. The van der Waals surface area contributed by atoms with Gasteiger partial charge in [0.2, 0.25) is 0 Å². The van der Waals surface area contributed by atoms with E-state index in [1.165, 1.54) is 12.1 Å². The first-order chi connectivity index (χ1) is 8.63. The molecule has 0 N–H and O–H groups in total. The molecule has 0 unspecified atom stereocenters. The molecule has 2 aromatic rings. The largest absolute Gasteiger partial charge is 0.298 e. The van der Waals surface area contributed by atoms with Crippen LogP contribution in [-0.4, -0.2) is 6.29 Å². The van der Waals surface area contributed by atoms with Crippen LogP contribution in [0.4, 0.5) is 4.39 Å². The first kappa shape index (κ1) is 12.0. The van der Waals surface area contributed by atoms with Gasteiger partial charge in [-0.25, -0.2) is 4.39 Å². The fourth-order valence-electron chi connectivity index (χ4n) is 1.83. The molecule has 0 bridgehead atoms. The van der Waals surface area contributed by atoms with Crippen LogP contribution in [0.25, 0.3) is 11.1 Å². The number of rotatable bonds is 2. The van der Waals surface area contributed by atoms with Crippen molar-refractivity contribution < 1.29 is 9.18 Å². The summed E-state index contributed by atoms with van der Waals surface area (Å²) in [5.74, 6) is -0.458. The number of aldehydes is 1. The normalized spacial score (nSPS) is 9.83. The third-order valence-corrected chi connectivity index (χ3v) is 2.74. The summed E-state index contributed by atoms with van der Waals surface area (Å²) in [5, 5.41) is 8.83. The quantitative estimate of drug-likeness (QED) is 0.753. The van der Waals surface area contributed by atoms with Crippen LogP contribution in [0.3, 0.4) is 0 Å². The molecule has 2 nitrogen and oxygen atoms in total. The van der Waals surface area contributed by atoms with Gasteiger partial charge in [0.1, 0.15) is 12.1 Å². The van der Waals surface area contributed by atoms with Crippen molar-refractivity contribution in [2.24, 2.45) is 0 Å². The lowest BCUT2D eigenvalue weighted by atomic mass is 9.97. The van der Waals surface area contributed by atoms with Crippen LogP contribution in [0, 0.1) is 24.1 Å². The molecule has 0 saturated heterocycles. The summed E-state index contributed by atoms with van der Waals surface area (Å²) in [4.78, 5) is 10.8. The zero-order chi connectivity index (χ0) is 13.1. The van der Waals surface area contributed by atoms with Crippen LogP contribution in [0.15, 0.2) is 36.4 Å². The standard InChI is InChI=1S/C15H10FNO/c1-10-2-3-11(9-18)6-15(10)13-4-12(8-17)5-14(16)7-13/h2-7,9H,1H3. The van der Waals surface area contributed by atoms with E-state index in [9.17, 15) is 9.18 Å². The zero-order valence-electron chi connectivity index (χ0n) is 9.77. The van der Waals surface area contributed by atoms with E-state index in [-0.39, 0.29) is 5.56 Å². The van der Waals surface area contributed by atoms with E-state index < -0.39 is 5.82 Å². The summed E-state index contributed by atoms with van der Waals surface area (Å²) >= 11 is 0. The van der Waals surface area contributed by atoms with Gasteiger partial charge in [-0.15, -0.1) is 0 Å². The van der Waals surface area contributed by atoms with Gasteiger partial charge in [-0.2, -0.15) is 5.26 Å². The molecule has 0 spiro atoms. The van der Waals surface area contributed by atoms with E-state index in [0.717, 1.165) is 17.4 Å². The summed E-state index contributed by atoms with van der Waals surface area (Å²) < 4.78 is 13.4. The molecule has 0 fully saturated rings. The van der Waals surface area contributed by atoms with Crippen molar-refractivity contribution in [2.45, 2.75) is 6.92 Å². The van der Waals surface area contributed by atoms with Crippen molar-refractivity contribution >= 4 is 6.29 Å². The molecule has 0 atom stereocenters. The Kier molecular flexibility index (Phi) is 3.20. The van der Waals surface area contributed by atoms with Gasteiger partial charge in [-0.1, -0.05) is 12.1 Å². The number of carbonyl (C=O) groups excluding carboxylic acids is 1. The summed E-state index contributed by atoms with van der Waals surface area (Å²) in [7, 11) is 0. The highest BCUT2D eigenvalue weighted by Crippen LogP contribution is 2.26. The van der Waals surface area contributed by atoms with Gasteiger partial charge in [-0.05, 0) is 47.9 Å². The number of hydrogen-bond donors (Lipinski definition) is 0. The highest BCUT2D eigenvalue weighted by molar-refractivity contribution is 5.80. The highest BCUT2D eigenvalue weighted by Gasteiger charge is 2.06. The summed E-state index contributed by atoms with van der Waals surface area (Å²) in [6.45, 7) is 1.88. The van der Waals surface area contributed by atoms with Gasteiger partial charge >= 0.3 is 0 Å². The average molecular weight is 239 g/mol. The molecule has 0 aromatic heterocycles. The van der Waals surface area contributed by atoms with E-state index >= 15 is 0 Å². The van der Waals surface area contributed by atoms with Crippen molar-refractivity contribution in [1.29, 1.82) is 5.26 Å². The molecule has 2 aromatic carbocycles. The van der Waals surface area contributed by atoms with Crippen LogP contribution in [-0.2, 0) is 0 Å². The number of nitriles is 1. The molecular formula is C15H10FNO. The molecule has 0 heterocycles. The number of hydrogen-bond acceptors (Lipinski definition) is 2. The predicted molar refractivity (Wildman–Crippen MR) is 66.7 cm³/mol. The SMILES string of the molecule is Cc1ccc(C=O)cc1-c1cc(F)cc(C#N)c1. The molecule has 18 heavy (non-hydrogen) atoms. The van der Waals surface area contributed by atoms with E-state index in [0.29, 0.717) is 11.1 Å².